The van der Waals surface area contributed by atoms with Crippen molar-refractivity contribution in [1.82, 2.24) is 4.98 Å². The average Bonchev–Trinajstić information content (AvgIpc) is 2.61. The monoisotopic (exact) mass is 309 g/mol. The number of rotatable bonds is 5. The molecule has 0 aliphatic heterocycles. The third-order valence-corrected chi connectivity index (χ3v) is 3.66. The van der Waals surface area contributed by atoms with Crippen LogP contribution in [0, 0.1) is 0 Å². The second-order valence-corrected chi connectivity index (χ2v) is 5.05. The van der Waals surface area contributed by atoms with Gasteiger partial charge < -0.3 is 14.2 Å². The molecule has 0 fully saturated rings. The Balaban J connectivity index is 2.15. The second-order valence-electron chi connectivity index (χ2n) is 5.05. The van der Waals surface area contributed by atoms with E-state index in [0.29, 0.717) is 6.61 Å². The number of fused-ring (bicyclic) bond motifs is 1. The maximum absolute atomic E-state index is 5.79. The minimum absolute atomic E-state index is 0.604. The van der Waals surface area contributed by atoms with Gasteiger partial charge >= 0.3 is 0 Å². The molecule has 3 rings (SSSR count). The number of nitrogens with zero attached hydrogens (tertiary/aromatic N) is 1. The molecule has 0 radical (unpaired) electrons. The molecule has 1 heterocycles. The normalized spacial score (nSPS) is 10.6. The minimum Gasteiger partial charge on any atom is -0.497 e. The molecule has 0 N–H and O–H groups in total. The van der Waals surface area contributed by atoms with Crippen molar-refractivity contribution in [2.45, 2.75) is 6.92 Å². The molecule has 0 spiro atoms. The molecule has 23 heavy (non-hydrogen) atoms. The Hall–Kier alpha value is -2.75. The molecular weight excluding hydrogens is 290 g/mol. The number of hydrogen-bond acceptors (Lipinski definition) is 4. The van der Waals surface area contributed by atoms with Gasteiger partial charge in [-0.1, -0.05) is 0 Å². The van der Waals surface area contributed by atoms with Gasteiger partial charge in [-0.05, 0) is 43.3 Å². The van der Waals surface area contributed by atoms with Crippen LogP contribution in [0.2, 0.25) is 0 Å². The molecule has 4 heteroatoms. The van der Waals surface area contributed by atoms with E-state index in [0.717, 1.165) is 39.4 Å². The number of hydrogen-bond donors (Lipinski definition) is 0. The van der Waals surface area contributed by atoms with Crippen LogP contribution in [0.3, 0.4) is 0 Å². The molecule has 0 amide bonds. The van der Waals surface area contributed by atoms with Crippen molar-refractivity contribution in [3.8, 4) is 28.5 Å². The van der Waals surface area contributed by atoms with Crippen LogP contribution in [0.5, 0.6) is 17.2 Å². The van der Waals surface area contributed by atoms with Gasteiger partial charge in [-0.2, -0.15) is 0 Å². The molecule has 0 saturated carbocycles. The van der Waals surface area contributed by atoms with Crippen LogP contribution >= 0.6 is 0 Å². The molecule has 0 atom stereocenters. The van der Waals surface area contributed by atoms with Gasteiger partial charge in [0.2, 0.25) is 0 Å². The summed E-state index contributed by atoms with van der Waals surface area (Å²) in [6, 6.07) is 15.6. The van der Waals surface area contributed by atoms with Crippen LogP contribution < -0.4 is 14.2 Å². The van der Waals surface area contributed by atoms with Gasteiger partial charge in [-0.15, -0.1) is 0 Å². The van der Waals surface area contributed by atoms with Gasteiger partial charge in [0.15, 0.2) is 0 Å². The Morgan fingerprint density at radius 3 is 2.22 bits per heavy atom. The summed E-state index contributed by atoms with van der Waals surface area (Å²) in [4.78, 5) is 4.75. The Labute approximate surface area is 135 Å². The van der Waals surface area contributed by atoms with E-state index < -0.39 is 0 Å². The van der Waals surface area contributed by atoms with Crippen molar-refractivity contribution in [2.75, 3.05) is 20.8 Å². The molecular formula is C19H19NO3. The van der Waals surface area contributed by atoms with Crippen molar-refractivity contribution in [1.29, 1.82) is 0 Å². The molecule has 0 aliphatic carbocycles. The highest BCUT2D eigenvalue weighted by molar-refractivity contribution is 5.89. The van der Waals surface area contributed by atoms with Crippen LogP contribution in [-0.4, -0.2) is 25.8 Å². The lowest BCUT2D eigenvalue weighted by Crippen LogP contribution is -1.96. The Morgan fingerprint density at radius 1 is 0.870 bits per heavy atom. The first-order valence-corrected chi connectivity index (χ1v) is 7.51. The van der Waals surface area contributed by atoms with E-state index in [1.165, 1.54) is 0 Å². The van der Waals surface area contributed by atoms with E-state index in [9.17, 15) is 0 Å². The molecule has 118 valence electrons. The third-order valence-electron chi connectivity index (χ3n) is 3.66. The lowest BCUT2D eigenvalue weighted by Gasteiger charge is -2.11. The fourth-order valence-corrected chi connectivity index (χ4v) is 2.49. The number of aromatic nitrogens is 1. The maximum atomic E-state index is 5.79. The van der Waals surface area contributed by atoms with Crippen LogP contribution in [0.4, 0.5) is 0 Å². The minimum atomic E-state index is 0.604. The smallest absolute Gasteiger partial charge is 0.130 e. The number of methoxy groups -OCH3 is 2. The predicted octanol–water partition coefficient (Wildman–Crippen LogP) is 4.32. The standard InChI is InChI=1S/C19H19NO3/c1-4-23-19-12-17(13-5-7-14(21-2)8-6-13)20-18-11-15(22-3)9-10-16(18)19/h5-12H,4H2,1-3H3. The van der Waals surface area contributed by atoms with Crippen molar-refractivity contribution < 1.29 is 14.2 Å². The summed E-state index contributed by atoms with van der Waals surface area (Å²) in [5.74, 6) is 2.42. The highest BCUT2D eigenvalue weighted by atomic mass is 16.5. The van der Waals surface area contributed by atoms with E-state index in [1.54, 1.807) is 14.2 Å². The van der Waals surface area contributed by atoms with E-state index in [-0.39, 0.29) is 0 Å². The second kappa shape index (κ2) is 6.57. The molecule has 4 nitrogen and oxygen atoms in total. The van der Waals surface area contributed by atoms with Crippen LogP contribution in [0.1, 0.15) is 6.92 Å². The zero-order valence-corrected chi connectivity index (χ0v) is 13.5. The van der Waals surface area contributed by atoms with Crippen molar-refractivity contribution in [2.24, 2.45) is 0 Å². The zero-order valence-electron chi connectivity index (χ0n) is 13.5. The van der Waals surface area contributed by atoms with Gasteiger partial charge in [0.1, 0.15) is 17.2 Å². The van der Waals surface area contributed by atoms with E-state index >= 15 is 0 Å². The van der Waals surface area contributed by atoms with Crippen LogP contribution in [-0.2, 0) is 0 Å². The molecule has 0 bridgehead atoms. The van der Waals surface area contributed by atoms with Gasteiger partial charge in [0.25, 0.3) is 0 Å². The lowest BCUT2D eigenvalue weighted by molar-refractivity contribution is 0.344. The summed E-state index contributed by atoms with van der Waals surface area (Å²) < 4.78 is 16.3. The molecule has 0 saturated heterocycles. The molecule has 0 aliphatic rings. The Kier molecular flexibility index (Phi) is 4.33. The van der Waals surface area contributed by atoms with E-state index in [4.69, 9.17) is 19.2 Å². The number of ether oxygens (including phenoxy) is 3. The summed E-state index contributed by atoms with van der Waals surface area (Å²) in [5.41, 5.74) is 2.72. The summed E-state index contributed by atoms with van der Waals surface area (Å²) in [6.45, 7) is 2.58. The Morgan fingerprint density at radius 2 is 1.57 bits per heavy atom. The van der Waals surface area contributed by atoms with Crippen molar-refractivity contribution in [3.63, 3.8) is 0 Å². The zero-order chi connectivity index (χ0) is 16.2. The fourth-order valence-electron chi connectivity index (χ4n) is 2.49. The highest BCUT2D eigenvalue weighted by Crippen LogP contribution is 2.32. The largest absolute Gasteiger partial charge is 0.497 e. The molecule has 0 unspecified atom stereocenters. The topological polar surface area (TPSA) is 40.6 Å². The number of benzene rings is 2. The quantitative estimate of drug-likeness (QED) is 0.704. The van der Waals surface area contributed by atoms with Gasteiger partial charge in [-0.3, -0.25) is 0 Å². The lowest BCUT2D eigenvalue weighted by atomic mass is 10.1. The first kappa shape index (κ1) is 15.2. The fraction of sp³-hybridized carbons (Fsp3) is 0.211. The third kappa shape index (κ3) is 3.06. The molecule has 3 aromatic rings. The van der Waals surface area contributed by atoms with Crippen molar-refractivity contribution in [3.05, 3.63) is 48.5 Å². The maximum Gasteiger partial charge on any atom is 0.130 e. The van der Waals surface area contributed by atoms with Crippen molar-refractivity contribution >= 4 is 10.9 Å². The first-order valence-electron chi connectivity index (χ1n) is 7.51. The van der Waals surface area contributed by atoms with Gasteiger partial charge in [-0.25, -0.2) is 4.98 Å². The number of pyridine rings is 1. The average molecular weight is 309 g/mol. The molecule has 1 aromatic heterocycles. The molecule has 2 aromatic carbocycles. The van der Waals surface area contributed by atoms with E-state index in [2.05, 4.69) is 0 Å². The van der Waals surface area contributed by atoms with Crippen LogP contribution in [0.15, 0.2) is 48.5 Å². The van der Waals surface area contributed by atoms with Gasteiger partial charge in [0.05, 0.1) is 32.0 Å². The Bertz CT molecular complexity index is 813. The summed E-state index contributed by atoms with van der Waals surface area (Å²) in [6.07, 6.45) is 0. The summed E-state index contributed by atoms with van der Waals surface area (Å²) in [7, 11) is 3.31. The SMILES string of the molecule is CCOc1cc(-c2ccc(OC)cc2)nc2cc(OC)ccc12. The summed E-state index contributed by atoms with van der Waals surface area (Å²) in [5, 5.41) is 0.977. The summed E-state index contributed by atoms with van der Waals surface area (Å²) >= 11 is 0. The first-order chi connectivity index (χ1) is 11.2. The van der Waals surface area contributed by atoms with E-state index in [1.807, 2.05) is 55.5 Å². The highest BCUT2D eigenvalue weighted by Gasteiger charge is 2.10. The van der Waals surface area contributed by atoms with Gasteiger partial charge in [0, 0.05) is 23.1 Å². The predicted molar refractivity (Wildman–Crippen MR) is 91.5 cm³/mol. The van der Waals surface area contributed by atoms with Crippen LogP contribution in [0.25, 0.3) is 22.2 Å².